The van der Waals surface area contributed by atoms with E-state index >= 15 is 0 Å². The van der Waals surface area contributed by atoms with Gasteiger partial charge in [0.1, 0.15) is 29.3 Å². The molecule has 0 fully saturated rings. The van der Waals surface area contributed by atoms with Crippen molar-refractivity contribution < 1.29 is 4.74 Å². The highest BCUT2D eigenvalue weighted by Crippen LogP contribution is 2.31. The lowest BCUT2D eigenvalue weighted by Crippen LogP contribution is -2.04. The maximum absolute atomic E-state index is 5.36. The zero-order chi connectivity index (χ0) is 13.7. The highest BCUT2D eigenvalue weighted by Gasteiger charge is 2.16. The molecule has 0 aliphatic carbocycles. The summed E-state index contributed by atoms with van der Waals surface area (Å²) in [6.45, 7) is 2.13. The van der Waals surface area contributed by atoms with E-state index in [0.29, 0.717) is 0 Å². The maximum atomic E-state index is 5.36. The summed E-state index contributed by atoms with van der Waals surface area (Å²) in [7, 11) is 3.50. The molecule has 0 aliphatic rings. The number of hydrogen-bond acceptors (Lipinski definition) is 5. The van der Waals surface area contributed by atoms with Crippen molar-refractivity contribution in [2.24, 2.45) is 0 Å². The molecule has 1 N–H and O–H groups in total. The van der Waals surface area contributed by atoms with E-state index in [2.05, 4.69) is 27.2 Å². The summed E-state index contributed by atoms with van der Waals surface area (Å²) in [5.41, 5.74) is 2.66. The van der Waals surface area contributed by atoms with E-state index in [1.807, 2.05) is 19.2 Å². The highest BCUT2D eigenvalue weighted by molar-refractivity contribution is 5.70. The largest absolute Gasteiger partial charge is 0.494 e. The summed E-state index contributed by atoms with van der Waals surface area (Å²) in [6, 6.07) is 3.74. The number of aromatic nitrogens is 3. The van der Waals surface area contributed by atoms with Crippen LogP contribution in [0.15, 0.2) is 24.7 Å². The lowest BCUT2D eigenvalue weighted by atomic mass is 10.1. The maximum Gasteiger partial charge on any atom is 0.146 e. The predicted molar refractivity (Wildman–Crippen MR) is 75.4 cm³/mol. The van der Waals surface area contributed by atoms with E-state index in [4.69, 9.17) is 4.74 Å². The molecule has 0 unspecified atom stereocenters. The normalized spacial score (nSPS) is 10.3. The van der Waals surface area contributed by atoms with Crippen molar-refractivity contribution in [2.75, 3.05) is 19.5 Å². The Morgan fingerprint density at radius 3 is 2.74 bits per heavy atom. The fraction of sp³-hybridized carbons (Fsp3) is 0.357. The van der Waals surface area contributed by atoms with Crippen molar-refractivity contribution in [3.05, 3.63) is 30.2 Å². The molecule has 2 aromatic heterocycles. The predicted octanol–water partition coefficient (Wildman–Crippen LogP) is 2.54. The fourth-order valence-electron chi connectivity index (χ4n) is 2.05. The van der Waals surface area contributed by atoms with E-state index in [9.17, 15) is 0 Å². The molecular weight excluding hydrogens is 240 g/mol. The SMILES string of the molecule is CCCc1c(NC)ncnc1-c1ncccc1OC. The van der Waals surface area contributed by atoms with Gasteiger partial charge in [-0.3, -0.25) is 4.98 Å². The van der Waals surface area contributed by atoms with Crippen molar-refractivity contribution in [3.8, 4) is 17.1 Å². The van der Waals surface area contributed by atoms with Crippen LogP contribution in [-0.4, -0.2) is 29.1 Å². The van der Waals surface area contributed by atoms with Gasteiger partial charge in [0.05, 0.1) is 7.11 Å². The van der Waals surface area contributed by atoms with E-state index < -0.39 is 0 Å². The van der Waals surface area contributed by atoms with Crippen molar-refractivity contribution in [1.29, 1.82) is 0 Å². The third-order valence-electron chi connectivity index (χ3n) is 2.90. The minimum atomic E-state index is 0.723. The highest BCUT2D eigenvalue weighted by atomic mass is 16.5. The zero-order valence-corrected chi connectivity index (χ0v) is 11.5. The molecule has 0 spiro atoms. The Bertz CT molecular complexity index is 557. The molecular formula is C14H18N4O. The first-order valence-electron chi connectivity index (χ1n) is 6.32. The molecule has 0 saturated heterocycles. The van der Waals surface area contributed by atoms with Crippen LogP contribution in [0.4, 0.5) is 5.82 Å². The van der Waals surface area contributed by atoms with Crippen LogP contribution < -0.4 is 10.1 Å². The van der Waals surface area contributed by atoms with Crippen molar-refractivity contribution >= 4 is 5.82 Å². The van der Waals surface area contributed by atoms with Gasteiger partial charge in [-0.2, -0.15) is 0 Å². The second-order valence-corrected chi connectivity index (χ2v) is 4.10. The molecule has 2 heterocycles. The number of nitrogens with one attached hydrogen (secondary N) is 1. The van der Waals surface area contributed by atoms with Gasteiger partial charge in [0.15, 0.2) is 0 Å². The molecule has 0 radical (unpaired) electrons. The van der Waals surface area contributed by atoms with Gasteiger partial charge < -0.3 is 10.1 Å². The van der Waals surface area contributed by atoms with Crippen LogP contribution in [0, 0.1) is 0 Å². The Hall–Kier alpha value is -2.17. The van der Waals surface area contributed by atoms with Gasteiger partial charge in [-0.05, 0) is 18.6 Å². The number of pyridine rings is 1. The molecule has 0 amide bonds. The summed E-state index contributed by atoms with van der Waals surface area (Å²) in [5.74, 6) is 1.57. The topological polar surface area (TPSA) is 59.9 Å². The molecule has 0 saturated carbocycles. The molecule has 100 valence electrons. The van der Waals surface area contributed by atoms with Crippen molar-refractivity contribution in [2.45, 2.75) is 19.8 Å². The van der Waals surface area contributed by atoms with E-state index in [1.165, 1.54) is 0 Å². The smallest absolute Gasteiger partial charge is 0.146 e. The fourth-order valence-corrected chi connectivity index (χ4v) is 2.05. The minimum Gasteiger partial charge on any atom is -0.494 e. The summed E-state index contributed by atoms with van der Waals surface area (Å²) in [4.78, 5) is 13.1. The van der Waals surface area contributed by atoms with Crippen LogP contribution in [0.3, 0.4) is 0 Å². The average Bonchev–Trinajstić information content (AvgIpc) is 2.47. The number of anilines is 1. The van der Waals surface area contributed by atoms with Gasteiger partial charge in [-0.15, -0.1) is 0 Å². The minimum absolute atomic E-state index is 0.723. The van der Waals surface area contributed by atoms with Crippen LogP contribution in [0.25, 0.3) is 11.4 Å². The Kier molecular flexibility index (Phi) is 4.28. The molecule has 5 heteroatoms. The van der Waals surface area contributed by atoms with E-state index in [0.717, 1.165) is 41.4 Å². The Morgan fingerprint density at radius 1 is 1.21 bits per heavy atom. The molecule has 0 aromatic carbocycles. The molecule has 2 rings (SSSR count). The number of hydrogen-bond donors (Lipinski definition) is 1. The van der Waals surface area contributed by atoms with Gasteiger partial charge >= 0.3 is 0 Å². The zero-order valence-electron chi connectivity index (χ0n) is 11.5. The quantitative estimate of drug-likeness (QED) is 0.893. The van der Waals surface area contributed by atoms with Crippen LogP contribution in [0.2, 0.25) is 0 Å². The lowest BCUT2D eigenvalue weighted by Gasteiger charge is -2.13. The summed E-state index contributed by atoms with van der Waals surface area (Å²) < 4.78 is 5.36. The summed E-state index contributed by atoms with van der Waals surface area (Å²) >= 11 is 0. The summed E-state index contributed by atoms with van der Waals surface area (Å²) in [6.07, 6.45) is 5.21. The summed E-state index contributed by atoms with van der Waals surface area (Å²) in [5, 5.41) is 3.11. The number of rotatable bonds is 5. The van der Waals surface area contributed by atoms with Crippen LogP contribution in [0.5, 0.6) is 5.75 Å². The Morgan fingerprint density at radius 2 is 2.05 bits per heavy atom. The van der Waals surface area contributed by atoms with Crippen molar-refractivity contribution in [1.82, 2.24) is 15.0 Å². The Balaban J connectivity index is 2.60. The monoisotopic (exact) mass is 258 g/mol. The van der Waals surface area contributed by atoms with Crippen molar-refractivity contribution in [3.63, 3.8) is 0 Å². The molecule has 2 aromatic rings. The van der Waals surface area contributed by atoms with Crippen LogP contribution in [0.1, 0.15) is 18.9 Å². The number of ether oxygens (including phenoxy) is 1. The third-order valence-corrected chi connectivity index (χ3v) is 2.90. The second-order valence-electron chi connectivity index (χ2n) is 4.10. The van der Waals surface area contributed by atoms with Gasteiger partial charge in [0.25, 0.3) is 0 Å². The lowest BCUT2D eigenvalue weighted by molar-refractivity contribution is 0.414. The molecule has 0 atom stereocenters. The standard InChI is InChI=1S/C14H18N4O/c1-4-6-10-12(17-9-18-14(10)15-2)13-11(19-3)7-5-8-16-13/h5,7-9H,4,6H2,1-3H3,(H,15,17,18). The molecule has 19 heavy (non-hydrogen) atoms. The number of nitrogens with zero attached hydrogens (tertiary/aromatic N) is 3. The average molecular weight is 258 g/mol. The Labute approximate surface area is 113 Å². The van der Waals surface area contributed by atoms with E-state index in [1.54, 1.807) is 19.6 Å². The molecule has 5 nitrogen and oxygen atoms in total. The van der Waals surface area contributed by atoms with Crippen LogP contribution >= 0.6 is 0 Å². The van der Waals surface area contributed by atoms with E-state index in [-0.39, 0.29) is 0 Å². The second kappa shape index (κ2) is 6.13. The first-order valence-corrected chi connectivity index (χ1v) is 6.32. The first-order chi connectivity index (χ1) is 9.31. The molecule has 0 aliphatic heterocycles. The van der Waals surface area contributed by atoms with Gasteiger partial charge in [0.2, 0.25) is 0 Å². The van der Waals surface area contributed by atoms with Crippen LogP contribution in [-0.2, 0) is 6.42 Å². The van der Waals surface area contributed by atoms with Gasteiger partial charge in [0, 0.05) is 18.8 Å². The van der Waals surface area contributed by atoms with Gasteiger partial charge in [-0.25, -0.2) is 9.97 Å². The van der Waals surface area contributed by atoms with Gasteiger partial charge in [-0.1, -0.05) is 13.3 Å². The number of methoxy groups -OCH3 is 1. The molecule has 0 bridgehead atoms. The first kappa shape index (κ1) is 13.3. The third kappa shape index (κ3) is 2.65.